The summed E-state index contributed by atoms with van der Waals surface area (Å²) in [6.45, 7) is 7.22. The highest BCUT2D eigenvalue weighted by Crippen LogP contribution is 2.19. The Hall–Kier alpha value is 0.0249. The second kappa shape index (κ2) is 3.43. The van der Waals surface area contributed by atoms with Crippen LogP contribution in [0.25, 0.3) is 0 Å². The first-order chi connectivity index (χ1) is 4.70. The van der Waals surface area contributed by atoms with Crippen LogP contribution >= 0.6 is 0 Å². The summed E-state index contributed by atoms with van der Waals surface area (Å²) in [6, 6.07) is 0.753. The van der Waals surface area contributed by atoms with Crippen molar-refractivity contribution in [3.8, 4) is 0 Å². The molecule has 1 saturated heterocycles. The number of piperidine rings is 1. The third-order valence-corrected chi connectivity index (χ3v) is 2.42. The van der Waals surface area contributed by atoms with E-state index >= 15 is 0 Å². The first-order valence-corrected chi connectivity index (χ1v) is 4.44. The van der Waals surface area contributed by atoms with Crippen molar-refractivity contribution in [2.45, 2.75) is 38.5 Å². The number of likely N-dealkylation sites (tertiary alicyclic amines) is 1. The van der Waals surface area contributed by atoms with E-state index < -0.39 is 0 Å². The first-order valence-electron chi connectivity index (χ1n) is 4.44. The number of hydrogen-bond acceptors (Lipinski definition) is 1. The molecule has 10 heavy (non-hydrogen) atoms. The van der Waals surface area contributed by atoms with Gasteiger partial charge in [-0.15, -0.1) is 0 Å². The molecule has 1 fully saturated rings. The van der Waals surface area contributed by atoms with E-state index in [4.69, 9.17) is 0 Å². The quantitative estimate of drug-likeness (QED) is 0.488. The zero-order valence-electron chi connectivity index (χ0n) is 7.43. The Kier molecular flexibility index (Phi) is 2.78. The third kappa shape index (κ3) is 2.01. The van der Waals surface area contributed by atoms with E-state index in [1.54, 1.807) is 0 Å². The Balaban J connectivity index is 2.32. The lowest BCUT2D eigenvalue weighted by atomic mass is 9.80. The minimum atomic E-state index is 0.753. The fraction of sp³-hybridized carbons (Fsp3) is 1.00. The van der Waals surface area contributed by atoms with Crippen molar-refractivity contribution >= 4 is 7.85 Å². The molecule has 0 bridgehead atoms. The summed E-state index contributed by atoms with van der Waals surface area (Å²) >= 11 is 0. The van der Waals surface area contributed by atoms with Crippen molar-refractivity contribution in [3.05, 3.63) is 0 Å². The number of rotatable bonds is 1. The third-order valence-electron chi connectivity index (χ3n) is 2.42. The summed E-state index contributed by atoms with van der Waals surface area (Å²) in [6.07, 6.45) is 2.84. The molecule has 1 heterocycles. The van der Waals surface area contributed by atoms with Crippen molar-refractivity contribution in [1.29, 1.82) is 0 Å². The normalized spacial score (nSPS) is 29.3. The molecule has 1 rings (SSSR count). The predicted molar refractivity (Wildman–Crippen MR) is 48.2 cm³/mol. The molecule has 0 aromatic carbocycles. The molecule has 0 aromatic heterocycles. The van der Waals surface area contributed by atoms with Crippen LogP contribution in [0.1, 0.15) is 26.7 Å². The molecule has 1 unspecified atom stereocenters. The number of hydrogen-bond donors (Lipinski definition) is 0. The largest absolute Gasteiger partial charge is 0.301 e. The van der Waals surface area contributed by atoms with Gasteiger partial charge in [-0.25, -0.2) is 0 Å². The standard InChI is InChI=1S/C8H18BN/c1-7(2)10-5-3-4-8(9)6-10/h7-8H,3-6,9H2,1-2H3. The second-order valence-electron chi connectivity index (χ2n) is 3.84. The Morgan fingerprint density at radius 2 is 2.20 bits per heavy atom. The van der Waals surface area contributed by atoms with Crippen molar-refractivity contribution in [3.63, 3.8) is 0 Å². The molecule has 0 aromatic rings. The van der Waals surface area contributed by atoms with Crippen LogP contribution in [0.2, 0.25) is 5.82 Å². The Morgan fingerprint density at radius 3 is 2.60 bits per heavy atom. The summed E-state index contributed by atoms with van der Waals surface area (Å²) in [5, 5.41) is 0. The molecule has 0 spiro atoms. The van der Waals surface area contributed by atoms with Crippen LogP contribution < -0.4 is 0 Å². The molecule has 0 amide bonds. The molecule has 1 atom stereocenters. The van der Waals surface area contributed by atoms with Gasteiger partial charge >= 0.3 is 0 Å². The van der Waals surface area contributed by atoms with Crippen molar-refractivity contribution in [1.82, 2.24) is 4.90 Å². The van der Waals surface area contributed by atoms with Gasteiger partial charge in [-0.1, -0.05) is 12.2 Å². The Labute approximate surface area is 65.2 Å². The van der Waals surface area contributed by atoms with Gasteiger partial charge in [0, 0.05) is 6.04 Å². The topological polar surface area (TPSA) is 3.24 Å². The lowest BCUT2D eigenvalue weighted by Crippen LogP contribution is -2.38. The van der Waals surface area contributed by atoms with E-state index in [2.05, 4.69) is 26.6 Å². The average Bonchev–Trinajstić information content (AvgIpc) is 1.88. The Bertz CT molecular complexity index is 103. The van der Waals surface area contributed by atoms with E-state index in [9.17, 15) is 0 Å². The van der Waals surface area contributed by atoms with Crippen LogP contribution in [0.5, 0.6) is 0 Å². The molecule has 1 nitrogen and oxygen atoms in total. The first kappa shape index (κ1) is 8.12. The second-order valence-corrected chi connectivity index (χ2v) is 3.84. The van der Waals surface area contributed by atoms with Gasteiger partial charge in [0.15, 0.2) is 0 Å². The molecule has 0 aliphatic carbocycles. The van der Waals surface area contributed by atoms with Crippen molar-refractivity contribution in [2.24, 2.45) is 0 Å². The molecular weight excluding hydrogens is 121 g/mol. The van der Waals surface area contributed by atoms with Crippen molar-refractivity contribution in [2.75, 3.05) is 13.1 Å². The minimum absolute atomic E-state index is 0.753. The molecule has 58 valence electrons. The van der Waals surface area contributed by atoms with Gasteiger partial charge in [-0.2, -0.15) is 0 Å². The minimum Gasteiger partial charge on any atom is -0.301 e. The zero-order chi connectivity index (χ0) is 7.56. The number of nitrogens with zero attached hydrogens (tertiary/aromatic N) is 1. The van der Waals surface area contributed by atoms with Crippen LogP contribution in [0.15, 0.2) is 0 Å². The van der Waals surface area contributed by atoms with E-state index in [0.29, 0.717) is 0 Å². The van der Waals surface area contributed by atoms with Crippen LogP contribution in [-0.2, 0) is 0 Å². The van der Waals surface area contributed by atoms with Crippen LogP contribution in [0.3, 0.4) is 0 Å². The van der Waals surface area contributed by atoms with Gasteiger partial charge in [0.2, 0.25) is 0 Å². The van der Waals surface area contributed by atoms with E-state index in [0.717, 1.165) is 11.9 Å². The monoisotopic (exact) mass is 139 g/mol. The summed E-state index contributed by atoms with van der Waals surface area (Å²) in [7, 11) is 2.36. The van der Waals surface area contributed by atoms with Gasteiger partial charge < -0.3 is 4.90 Å². The fourth-order valence-corrected chi connectivity index (χ4v) is 1.69. The van der Waals surface area contributed by atoms with E-state index in [1.165, 1.54) is 25.9 Å². The molecule has 0 N–H and O–H groups in total. The summed E-state index contributed by atoms with van der Waals surface area (Å²) in [5.74, 6) is 0.927. The lowest BCUT2D eigenvalue weighted by Gasteiger charge is -2.33. The van der Waals surface area contributed by atoms with Gasteiger partial charge in [-0.05, 0) is 33.4 Å². The van der Waals surface area contributed by atoms with Crippen molar-refractivity contribution < 1.29 is 0 Å². The summed E-state index contributed by atoms with van der Waals surface area (Å²) in [5.41, 5.74) is 0. The molecular formula is C8H18BN. The molecule has 0 radical (unpaired) electrons. The van der Waals surface area contributed by atoms with Gasteiger partial charge in [0.05, 0.1) is 0 Å². The van der Waals surface area contributed by atoms with Crippen LogP contribution in [-0.4, -0.2) is 31.9 Å². The Morgan fingerprint density at radius 1 is 1.50 bits per heavy atom. The predicted octanol–water partition coefficient (Wildman–Crippen LogP) is 0.912. The van der Waals surface area contributed by atoms with Crippen LogP contribution in [0, 0.1) is 0 Å². The smallest absolute Gasteiger partial charge is 0.107 e. The maximum absolute atomic E-state index is 2.58. The highest BCUT2D eigenvalue weighted by atomic mass is 15.1. The highest BCUT2D eigenvalue weighted by Gasteiger charge is 2.17. The molecule has 1 aliphatic heterocycles. The maximum atomic E-state index is 2.58. The molecule has 0 saturated carbocycles. The lowest BCUT2D eigenvalue weighted by molar-refractivity contribution is 0.185. The average molecular weight is 139 g/mol. The van der Waals surface area contributed by atoms with E-state index in [-0.39, 0.29) is 0 Å². The SMILES string of the molecule is BC1CCCN(C(C)C)C1. The van der Waals surface area contributed by atoms with Gasteiger partial charge in [-0.3, -0.25) is 0 Å². The van der Waals surface area contributed by atoms with Gasteiger partial charge in [0.25, 0.3) is 0 Å². The van der Waals surface area contributed by atoms with Crippen LogP contribution in [0.4, 0.5) is 0 Å². The maximum Gasteiger partial charge on any atom is 0.107 e. The molecule has 2 heteroatoms. The zero-order valence-corrected chi connectivity index (χ0v) is 7.43. The summed E-state index contributed by atoms with van der Waals surface area (Å²) < 4.78 is 0. The highest BCUT2D eigenvalue weighted by molar-refractivity contribution is 6.11. The summed E-state index contributed by atoms with van der Waals surface area (Å²) in [4.78, 5) is 2.58. The van der Waals surface area contributed by atoms with E-state index in [1.807, 2.05) is 0 Å². The fourth-order valence-electron chi connectivity index (χ4n) is 1.69. The molecule has 1 aliphatic rings. The van der Waals surface area contributed by atoms with Gasteiger partial charge in [0.1, 0.15) is 7.85 Å².